The van der Waals surface area contributed by atoms with Crippen molar-refractivity contribution < 1.29 is 29.0 Å². The van der Waals surface area contributed by atoms with E-state index >= 15 is 0 Å². The Morgan fingerprint density at radius 1 is 1.09 bits per heavy atom. The number of fused-ring (bicyclic) bond motifs is 3. The standard InChI is InChI=1S/C34H38N4O6/c1-20-15-26-27(18-28(20)43-3)35-29(21-11-7-6-8-12-21)36-31(26)44-23-16-24-25(17-23)32(40)38(2)14-10-5-4-9-13-22-19-34(22,33(41)42)37-30(24)39/h6-9,11-13,15,18,22-25H,4-5,10,14,16-17,19H2,1-3H3,(H,37,39)(H,41,42)/t22-,23-,24-,25-,34?/m1/s1. The predicted octanol–water partition coefficient (Wildman–Crippen LogP) is 4.55. The van der Waals surface area contributed by atoms with Crippen molar-refractivity contribution in [1.29, 1.82) is 0 Å². The summed E-state index contributed by atoms with van der Waals surface area (Å²) in [7, 11) is 3.38. The molecule has 2 amide bonds. The molecule has 2 aromatic carbocycles. The third-order valence-electron chi connectivity index (χ3n) is 9.26. The number of allylic oxidation sites excluding steroid dienone is 1. The first-order valence-electron chi connectivity index (χ1n) is 15.3. The van der Waals surface area contributed by atoms with E-state index in [2.05, 4.69) is 5.32 Å². The van der Waals surface area contributed by atoms with Gasteiger partial charge in [0, 0.05) is 31.1 Å². The number of nitrogens with zero attached hydrogens (tertiary/aromatic N) is 3. The average Bonchev–Trinajstić information content (AvgIpc) is 3.56. The first-order chi connectivity index (χ1) is 21.2. The zero-order valence-corrected chi connectivity index (χ0v) is 25.3. The summed E-state index contributed by atoms with van der Waals surface area (Å²) in [4.78, 5) is 51.1. The van der Waals surface area contributed by atoms with Gasteiger partial charge in [-0.05, 0) is 57.1 Å². The monoisotopic (exact) mass is 598 g/mol. The minimum absolute atomic E-state index is 0.126. The lowest BCUT2D eigenvalue weighted by atomic mass is 9.93. The predicted molar refractivity (Wildman–Crippen MR) is 164 cm³/mol. The number of aryl methyl sites for hydroxylation is 1. The van der Waals surface area contributed by atoms with E-state index in [9.17, 15) is 19.5 Å². The Kier molecular flexibility index (Phi) is 8.00. The zero-order chi connectivity index (χ0) is 31.0. The fourth-order valence-electron chi connectivity index (χ4n) is 6.61. The minimum atomic E-state index is -1.33. The maximum Gasteiger partial charge on any atom is 0.330 e. The maximum atomic E-state index is 13.8. The smallest absolute Gasteiger partial charge is 0.330 e. The molecular weight excluding hydrogens is 560 g/mol. The molecule has 1 unspecified atom stereocenters. The van der Waals surface area contributed by atoms with E-state index in [0.717, 1.165) is 30.4 Å². The van der Waals surface area contributed by atoms with Crippen LogP contribution < -0.4 is 14.8 Å². The molecular formula is C34H38N4O6. The van der Waals surface area contributed by atoms with Gasteiger partial charge in [-0.3, -0.25) is 9.59 Å². The third-order valence-corrected chi connectivity index (χ3v) is 9.26. The number of carbonyl (C=O) groups excluding carboxylic acids is 2. The largest absolute Gasteiger partial charge is 0.496 e. The molecule has 0 saturated heterocycles. The summed E-state index contributed by atoms with van der Waals surface area (Å²) >= 11 is 0. The molecule has 0 bridgehead atoms. The molecule has 44 heavy (non-hydrogen) atoms. The number of carboxylic acid groups (broad SMARTS) is 1. The van der Waals surface area contributed by atoms with Crippen LogP contribution in [-0.2, 0) is 14.4 Å². The average molecular weight is 599 g/mol. The molecule has 3 aromatic rings. The highest BCUT2D eigenvalue weighted by Crippen LogP contribution is 2.46. The van der Waals surface area contributed by atoms with Crippen molar-refractivity contribution >= 4 is 28.7 Å². The molecule has 10 heteroatoms. The van der Waals surface area contributed by atoms with Crippen molar-refractivity contribution in [2.45, 2.75) is 57.1 Å². The maximum absolute atomic E-state index is 13.8. The fraction of sp³-hybridized carbons (Fsp3) is 0.441. The number of carbonyl (C=O) groups is 3. The number of hydrogen-bond donors (Lipinski definition) is 2. The van der Waals surface area contributed by atoms with Crippen LogP contribution in [0.25, 0.3) is 22.3 Å². The normalized spacial score (nSPS) is 27.2. The number of carboxylic acids is 1. The first kappa shape index (κ1) is 29.6. The van der Waals surface area contributed by atoms with Crippen molar-refractivity contribution in [3.8, 4) is 23.0 Å². The van der Waals surface area contributed by atoms with Crippen LogP contribution >= 0.6 is 0 Å². The highest BCUT2D eigenvalue weighted by Gasteiger charge is 2.61. The fourth-order valence-corrected chi connectivity index (χ4v) is 6.61. The van der Waals surface area contributed by atoms with Crippen molar-refractivity contribution in [2.75, 3.05) is 20.7 Å². The summed E-state index contributed by atoms with van der Waals surface area (Å²) in [6, 6.07) is 13.4. The third kappa shape index (κ3) is 5.60. The van der Waals surface area contributed by atoms with E-state index in [4.69, 9.17) is 19.4 Å². The minimum Gasteiger partial charge on any atom is -0.496 e. The second kappa shape index (κ2) is 11.9. The Labute approximate surface area is 256 Å². The van der Waals surface area contributed by atoms with Crippen LogP contribution in [0, 0.1) is 24.7 Å². The topological polar surface area (TPSA) is 131 Å². The van der Waals surface area contributed by atoms with Gasteiger partial charge in [0.1, 0.15) is 17.4 Å². The molecule has 10 nitrogen and oxygen atoms in total. The van der Waals surface area contributed by atoms with Gasteiger partial charge in [-0.15, -0.1) is 0 Å². The van der Waals surface area contributed by atoms with Crippen LogP contribution in [0.5, 0.6) is 11.6 Å². The van der Waals surface area contributed by atoms with E-state index in [-0.39, 0.29) is 18.2 Å². The molecule has 1 aromatic heterocycles. The van der Waals surface area contributed by atoms with E-state index in [1.807, 2.05) is 61.5 Å². The Balaban J connectivity index is 1.34. The van der Waals surface area contributed by atoms with Gasteiger partial charge in [-0.25, -0.2) is 9.78 Å². The molecule has 6 rings (SSSR count). The van der Waals surface area contributed by atoms with Gasteiger partial charge in [0.25, 0.3) is 0 Å². The quantitative estimate of drug-likeness (QED) is 0.409. The number of aliphatic carboxylic acids is 1. The van der Waals surface area contributed by atoms with Gasteiger partial charge in [-0.1, -0.05) is 42.5 Å². The molecule has 3 aliphatic rings. The zero-order valence-electron chi connectivity index (χ0n) is 25.3. The first-order valence-corrected chi connectivity index (χ1v) is 15.3. The molecule has 2 N–H and O–H groups in total. The van der Waals surface area contributed by atoms with Gasteiger partial charge in [-0.2, -0.15) is 4.98 Å². The lowest BCUT2D eigenvalue weighted by molar-refractivity contribution is -0.145. The molecule has 0 radical (unpaired) electrons. The number of aromatic nitrogens is 2. The summed E-state index contributed by atoms with van der Waals surface area (Å²) in [5.41, 5.74) is 1.03. The van der Waals surface area contributed by atoms with Crippen LogP contribution in [0.1, 0.15) is 44.1 Å². The number of methoxy groups -OCH3 is 1. The van der Waals surface area contributed by atoms with Crippen molar-refractivity contribution in [3.05, 3.63) is 60.2 Å². The summed E-state index contributed by atoms with van der Waals surface area (Å²) in [6.45, 7) is 2.52. The molecule has 2 fully saturated rings. The van der Waals surface area contributed by atoms with Crippen LogP contribution in [0.2, 0.25) is 0 Å². The SMILES string of the molecule is COc1cc2nc(-c3ccccc3)nc(O[C@@H]3C[C@H]4C(=O)NC5(C(=O)O)C[C@H]5C=CCCCCN(C)C(=O)[C@@H]4C3)c2cc1C. The number of benzene rings is 2. The van der Waals surface area contributed by atoms with Gasteiger partial charge in [0.15, 0.2) is 5.82 Å². The second-order valence-corrected chi connectivity index (χ2v) is 12.2. The molecule has 2 heterocycles. The Morgan fingerprint density at radius 3 is 2.61 bits per heavy atom. The van der Waals surface area contributed by atoms with Gasteiger partial charge in [0.05, 0.1) is 29.8 Å². The Bertz CT molecular complexity index is 1620. The van der Waals surface area contributed by atoms with Crippen molar-refractivity contribution in [1.82, 2.24) is 20.2 Å². The lowest BCUT2D eigenvalue weighted by Crippen LogP contribution is -2.49. The van der Waals surface area contributed by atoms with E-state index in [0.29, 0.717) is 47.7 Å². The van der Waals surface area contributed by atoms with Crippen molar-refractivity contribution in [2.24, 2.45) is 17.8 Å². The lowest BCUT2D eigenvalue weighted by Gasteiger charge is -2.26. The molecule has 230 valence electrons. The van der Waals surface area contributed by atoms with Crippen LogP contribution in [0.3, 0.4) is 0 Å². The van der Waals surface area contributed by atoms with E-state index < -0.39 is 35.4 Å². The number of hydrogen-bond acceptors (Lipinski definition) is 7. The van der Waals surface area contributed by atoms with Crippen molar-refractivity contribution in [3.63, 3.8) is 0 Å². The molecule has 2 saturated carbocycles. The summed E-state index contributed by atoms with van der Waals surface area (Å²) in [6.07, 6.45) is 6.83. The van der Waals surface area contributed by atoms with Gasteiger partial charge < -0.3 is 24.8 Å². The number of ether oxygens (including phenoxy) is 2. The van der Waals surface area contributed by atoms with E-state index in [1.165, 1.54) is 0 Å². The van der Waals surface area contributed by atoms with Crippen LogP contribution in [0.15, 0.2) is 54.6 Å². The van der Waals surface area contributed by atoms with Gasteiger partial charge >= 0.3 is 5.97 Å². The molecule has 1 aliphatic heterocycles. The van der Waals surface area contributed by atoms with E-state index in [1.54, 1.807) is 19.1 Å². The second-order valence-electron chi connectivity index (χ2n) is 12.2. The number of amides is 2. The Hall–Kier alpha value is -4.47. The molecule has 0 spiro atoms. The van der Waals surface area contributed by atoms with Gasteiger partial charge in [0.2, 0.25) is 17.7 Å². The summed E-state index contributed by atoms with van der Waals surface area (Å²) < 4.78 is 12.1. The number of nitrogens with one attached hydrogen (secondary N) is 1. The summed E-state index contributed by atoms with van der Waals surface area (Å²) in [5, 5.41) is 13.6. The highest BCUT2D eigenvalue weighted by atomic mass is 16.5. The molecule has 2 aliphatic carbocycles. The van der Waals surface area contributed by atoms with Crippen LogP contribution in [0.4, 0.5) is 0 Å². The van der Waals surface area contributed by atoms with Crippen LogP contribution in [-0.4, -0.2) is 70.1 Å². The Morgan fingerprint density at radius 2 is 1.86 bits per heavy atom. The number of rotatable bonds is 5. The highest BCUT2D eigenvalue weighted by molar-refractivity contribution is 5.94. The molecule has 5 atom stereocenters. The summed E-state index contributed by atoms with van der Waals surface area (Å²) in [5.74, 6) is -1.69.